The van der Waals surface area contributed by atoms with E-state index in [2.05, 4.69) is 115 Å². The molecule has 0 atom stereocenters. The van der Waals surface area contributed by atoms with Crippen LogP contribution in [-0.4, -0.2) is 7.85 Å². The van der Waals surface area contributed by atoms with Crippen molar-refractivity contribution < 1.29 is 51.0 Å². The van der Waals surface area contributed by atoms with E-state index in [1.54, 1.807) is 0 Å². The molecular weight excluding hydrogens is 624 g/mol. The standard InChI is InChI=1S/C18H15P.C6H5B.2C5H5.CH3.2ClH.Zr/c1-4-10-16(11-5-1)19(17-12-6-2-7-13-17)18-14-8-3-9-15-18;7-6-4-2-1-3-5-6;2*1-2-4-5-3-1;;;;/h1-15H;1-5H;2*1-3H,4H2;1H3;2*1H;/q;;3*-1;;;+4/p-1. The molecule has 0 saturated heterocycles. The van der Waals surface area contributed by atoms with Crippen molar-refractivity contribution in [3.05, 3.63) is 177 Å². The molecule has 0 heterocycles. The van der Waals surface area contributed by atoms with E-state index in [1.807, 2.05) is 54.6 Å². The van der Waals surface area contributed by atoms with Crippen LogP contribution in [0.15, 0.2) is 158 Å². The van der Waals surface area contributed by atoms with Crippen molar-refractivity contribution >= 4 is 37.1 Å². The van der Waals surface area contributed by atoms with Crippen molar-refractivity contribution in [3.8, 4) is 0 Å². The average Bonchev–Trinajstić information content (AvgIpc) is 3.72. The quantitative estimate of drug-likeness (QED) is 0.173. The Balaban J connectivity index is 0. The molecule has 0 aromatic heterocycles. The Kier molecular flexibility index (Phi) is 25.7. The van der Waals surface area contributed by atoms with Gasteiger partial charge in [-0.1, -0.05) is 90.4 Å². The molecular formula is C35H34BCl2PZr. The molecule has 2 radical (unpaired) electrons. The van der Waals surface area contributed by atoms with Crippen molar-refractivity contribution in [1.82, 2.24) is 0 Å². The van der Waals surface area contributed by atoms with Crippen LogP contribution >= 0.6 is 7.92 Å². The van der Waals surface area contributed by atoms with E-state index in [4.69, 9.17) is 7.85 Å². The van der Waals surface area contributed by atoms with Crippen LogP contribution in [0.1, 0.15) is 12.8 Å². The first-order valence-corrected chi connectivity index (χ1v) is 13.6. The van der Waals surface area contributed by atoms with E-state index in [9.17, 15) is 0 Å². The number of rotatable bonds is 3. The summed E-state index contributed by atoms with van der Waals surface area (Å²) in [7, 11) is 4.48. The second-order valence-electron chi connectivity index (χ2n) is 7.89. The predicted molar refractivity (Wildman–Crippen MR) is 168 cm³/mol. The van der Waals surface area contributed by atoms with Gasteiger partial charge in [0.1, 0.15) is 23.8 Å². The van der Waals surface area contributed by atoms with Gasteiger partial charge in [0.25, 0.3) is 0 Å². The molecule has 0 fully saturated rings. The van der Waals surface area contributed by atoms with Gasteiger partial charge in [0.15, 0.2) is 0 Å². The van der Waals surface area contributed by atoms with Crippen molar-refractivity contribution in [3.63, 3.8) is 0 Å². The molecule has 2 aliphatic carbocycles. The van der Waals surface area contributed by atoms with Crippen LogP contribution in [-0.2, 0) is 26.2 Å². The first kappa shape index (κ1) is 39.9. The molecule has 0 N–H and O–H groups in total. The van der Waals surface area contributed by atoms with Gasteiger partial charge in [0.05, 0.1) is 7.92 Å². The molecule has 0 spiro atoms. The molecule has 0 bridgehead atoms. The van der Waals surface area contributed by atoms with E-state index >= 15 is 0 Å². The van der Waals surface area contributed by atoms with Gasteiger partial charge in [-0.15, -0.1) is 12.8 Å². The number of hydrogen-bond donors (Lipinski definition) is 0. The van der Waals surface area contributed by atoms with Crippen molar-refractivity contribution in [2.24, 2.45) is 0 Å². The summed E-state index contributed by atoms with van der Waals surface area (Å²) in [5.41, 5.74) is 0.822. The van der Waals surface area contributed by atoms with Crippen LogP contribution < -0.4 is 46.2 Å². The summed E-state index contributed by atoms with van der Waals surface area (Å²) in [5, 5.41) is 4.31. The zero-order valence-corrected chi connectivity index (χ0v) is 27.7. The Bertz CT molecular complexity index is 1090. The van der Waals surface area contributed by atoms with Crippen molar-refractivity contribution in [1.29, 1.82) is 0 Å². The number of benzene rings is 4. The maximum absolute atomic E-state index is 5.36. The third kappa shape index (κ3) is 16.2. The summed E-state index contributed by atoms with van der Waals surface area (Å²) in [6.45, 7) is 0. The van der Waals surface area contributed by atoms with Gasteiger partial charge in [0.2, 0.25) is 0 Å². The van der Waals surface area contributed by atoms with Crippen molar-refractivity contribution in [2.75, 3.05) is 0 Å². The minimum atomic E-state index is -0.877. The van der Waals surface area contributed by atoms with Gasteiger partial charge in [0, 0.05) is 0 Å². The third-order valence-corrected chi connectivity index (χ3v) is 7.89. The van der Waals surface area contributed by atoms with Crippen LogP contribution in [0.25, 0.3) is 0 Å². The fraction of sp³-hybridized carbons (Fsp3) is 0.0571. The zero-order chi connectivity index (χ0) is 25.1. The Morgan fingerprint density at radius 2 is 0.800 bits per heavy atom. The normalized spacial score (nSPS) is 10.9. The Labute approximate surface area is 276 Å². The van der Waals surface area contributed by atoms with Crippen LogP contribution in [0.4, 0.5) is 0 Å². The van der Waals surface area contributed by atoms with Gasteiger partial charge < -0.3 is 32.2 Å². The summed E-state index contributed by atoms with van der Waals surface area (Å²) in [6.07, 6.45) is 20.0. The summed E-state index contributed by atoms with van der Waals surface area (Å²) in [4.78, 5) is 0. The molecule has 2 aliphatic rings. The topological polar surface area (TPSA) is 0 Å². The van der Waals surface area contributed by atoms with Crippen molar-refractivity contribution in [2.45, 2.75) is 12.8 Å². The van der Waals surface area contributed by atoms with E-state index in [1.165, 1.54) is 15.9 Å². The van der Waals surface area contributed by atoms with Gasteiger partial charge in [-0.3, -0.25) is 12.2 Å². The van der Waals surface area contributed by atoms with Gasteiger partial charge in [-0.05, 0) is 36.4 Å². The monoisotopic (exact) mass is 656 g/mol. The minimum absolute atomic E-state index is 0. The summed E-state index contributed by atoms with van der Waals surface area (Å²) < 4.78 is 0. The molecule has 0 unspecified atom stereocenters. The largest absolute Gasteiger partial charge is 4.00 e. The maximum atomic E-state index is 5.36. The molecule has 0 nitrogen and oxygen atoms in total. The van der Waals surface area contributed by atoms with E-state index < -0.39 is 7.92 Å². The number of halogens is 2. The molecule has 5 heteroatoms. The number of allylic oxidation sites excluding steroid dienone is 8. The average molecular weight is 659 g/mol. The Morgan fingerprint density at radius 3 is 0.975 bits per heavy atom. The van der Waals surface area contributed by atoms with E-state index in [0.717, 1.165) is 18.3 Å². The van der Waals surface area contributed by atoms with Crippen LogP contribution in [0.5, 0.6) is 0 Å². The van der Waals surface area contributed by atoms with Crippen LogP contribution in [0.3, 0.4) is 0 Å². The fourth-order valence-corrected chi connectivity index (χ4v) is 6.03. The molecule has 0 saturated carbocycles. The minimum Gasteiger partial charge on any atom is -1.00 e. The molecule has 6 rings (SSSR count). The van der Waals surface area contributed by atoms with E-state index in [0.29, 0.717) is 0 Å². The maximum Gasteiger partial charge on any atom is 4.00 e. The molecule has 0 aliphatic heterocycles. The molecule has 40 heavy (non-hydrogen) atoms. The molecule has 200 valence electrons. The predicted octanol–water partition coefficient (Wildman–Crippen LogP) is 0.725. The first-order valence-electron chi connectivity index (χ1n) is 12.1. The van der Waals surface area contributed by atoms with Gasteiger partial charge in [-0.25, -0.2) is 24.3 Å². The van der Waals surface area contributed by atoms with Crippen LogP contribution in [0.2, 0.25) is 0 Å². The molecule has 0 amide bonds. The van der Waals surface area contributed by atoms with Gasteiger partial charge in [-0.2, -0.15) is 12.2 Å². The Hall–Kier alpha value is -2.20. The zero-order valence-electron chi connectivity index (χ0n) is 22.8. The van der Waals surface area contributed by atoms with Crippen LogP contribution in [0, 0.1) is 19.6 Å². The van der Waals surface area contributed by atoms with E-state index in [-0.39, 0.29) is 58.4 Å². The Morgan fingerprint density at radius 1 is 0.500 bits per heavy atom. The van der Waals surface area contributed by atoms with Gasteiger partial charge >= 0.3 is 26.2 Å². The summed E-state index contributed by atoms with van der Waals surface area (Å²) in [5.74, 6) is 0. The SMILES string of the molecule is [B]c1ccccc1.[C-]1=CC=CC1.[C-]1=CC=CC1.[CH3-].[Cl-].[Cl-].[Zr+4].c1ccc([PH+](c2ccccc2)c2ccccc2)cc1. The fourth-order valence-electron chi connectivity index (χ4n) is 3.45. The second-order valence-corrected chi connectivity index (χ2v) is 10.4. The smallest absolute Gasteiger partial charge is 1.00 e. The molecule has 4 aromatic carbocycles. The third-order valence-electron chi connectivity index (χ3n) is 5.16. The molecule has 4 aromatic rings. The second kappa shape index (κ2) is 25.7. The summed E-state index contributed by atoms with van der Waals surface area (Å²) >= 11 is 0. The summed E-state index contributed by atoms with van der Waals surface area (Å²) in [6, 6.07) is 42.0. The number of hydrogen-bond acceptors (Lipinski definition) is 0. The first-order chi connectivity index (χ1) is 17.8.